The number of carbonyl (C=O) groups excluding carboxylic acids is 2. The predicted octanol–water partition coefficient (Wildman–Crippen LogP) is 2.56. The average molecular weight is 466 g/mol. The number of nitrogens with zero attached hydrogens (tertiary/aromatic N) is 2. The van der Waals surface area contributed by atoms with Gasteiger partial charge < -0.3 is 10.2 Å². The van der Waals surface area contributed by atoms with Crippen LogP contribution in [0.1, 0.15) is 19.4 Å². The number of likely N-dealkylation sites (N-methyl/N-ethyl adjacent to an activating group) is 2. The Balaban J connectivity index is 2.18. The molecule has 0 fully saturated rings. The number of hydrogen-bond donors (Lipinski definition) is 1. The van der Waals surface area contributed by atoms with Crippen LogP contribution in [0.5, 0.6) is 0 Å². The minimum absolute atomic E-state index is 0.0415. The van der Waals surface area contributed by atoms with E-state index in [1.54, 1.807) is 13.8 Å². The topological polar surface area (TPSA) is 86.8 Å². The molecule has 0 saturated carbocycles. The second kappa shape index (κ2) is 11.3. The monoisotopic (exact) mass is 465 g/mol. The van der Waals surface area contributed by atoms with Gasteiger partial charge in [0.15, 0.2) is 0 Å². The minimum Gasteiger partial charge on any atom is -0.355 e. The highest BCUT2D eigenvalue weighted by atomic mass is 35.5. The van der Waals surface area contributed by atoms with E-state index in [1.807, 2.05) is 30.3 Å². The Labute approximate surface area is 189 Å². The van der Waals surface area contributed by atoms with Crippen LogP contribution >= 0.6 is 11.6 Å². The van der Waals surface area contributed by atoms with Gasteiger partial charge in [0, 0.05) is 25.2 Å². The Bertz CT molecular complexity index is 982. The molecule has 0 aromatic heterocycles. The van der Waals surface area contributed by atoms with Crippen molar-refractivity contribution in [2.24, 2.45) is 0 Å². The first-order chi connectivity index (χ1) is 14.7. The Morgan fingerprint density at radius 2 is 1.68 bits per heavy atom. The number of nitrogens with one attached hydrogen (secondary N) is 1. The summed E-state index contributed by atoms with van der Waals surface area (Å²) in [6.07, 6.45) is 0.546. The largest absolute Gasteiger partial charge is 0.355 e. The van der Waals surface area contributed by atoms with Gasteiger partial charge in [0.2, 0.25) is 21.8 Å². The third kappa shape index (κ3) is 6.78. The summed E-state index contributed by atoms with van der Waals surface area (Å²) < 4.78 is 26.6. The van der Waals surface area contributed by atoms with Gasteiger partial charge in [-0.1, -0.05) is 41.9 Å². The second-order valence-electron chi connectivity index (χ2n) is 7.11. The van der Waals surface area contributed by atoms with Gasteiger partial charge >= 0.3 is 0 Å². The number of halogens is 1. The van der Waals surface area contributed by atoms with E-state index in [4.69, 9.17) is 11.6 Å². The number of amides is 2. The molecule has 2 amide bonds. The maximum absolute atomic E-state index is 13.1. The second-order valence-corrected chi connectivity index (χ2v) is 9.59. The molecule has 0 spiro atoms. The molecule has 7 nitrogen and oxygen atoms in total. The zero-order valence-corrected chi connectivity index (χ0v) is 19.5. The van der Waals surface area contributed by atoms with Crippen LogP contribution in [0.2, 0.25) is 5.02 Å². The summed E-state index contributed by atoms with van der Waals surface area (Å²) in [4.78, 5) is 26.9. The molecule has 2 rings (SSSR count). The molecular formula is C22H28ClN3O4S. The van der Waals surface area contributed by atoms with Crippen molar-refractivity contribution in [3.8, 4) is 0 Å². The van der Waals surface area contributed by atoms with E-state index in [0.717, 1.165) is 9.87 Å². The van der Waals surface area contributed by atoms with E-state index in [9.17, 15) is 18.0 Å². The molecule has 0 aliphatic carbocycles. The van der Waals surface area contributed by atoms with Gasteiger partial charge in [-0.2, -0.15) is 4.31 Å². The standard InChI is InChI=1S/C22H28ClN3O4S/c1-4-24-22(28)17(2)26(15-14-18-8-6-5-7-9-18)21(27)16-25(3)31(29,30)20-12-10-19(23)11-13-20/h5-13,17H,4,14-16H2,1-3H3,(H,24,28)/t17-/m1/s1. The summed E-state index contributed by atoms with van der Waals surface area (Å²) in [7, 11) is -2.54. The normalized spacial score (nSPS) is 12.4. The van der Waals surface area contributed by atoms with E-state index in [-0.39, 0.29) is 23.9 Å². The average Bonchev–Trinajstić information content (AvgIpc) is 2.74. The zero-order valence-electron chi connectivity index (χ0n) is 17.9. The quantitative estimate of drug-likeness (QED) is 0.584. The van der Waals surface area contributed by atoms with Crippen molar-refractivity contribution in [3.63, 3.8) is 0 Å². The van der Waals surface area contributed by atoms with Crippen molar-refractivity contribution < 1.29 is 18.0 Å². The van der Waals surface area contributed by atoms with Crippen LogP contribution in [-0.4, -0.2) is 62.2 Å². The van der Waals surface area contributed by atoms with Crippen LogP contribution in [-0.2, 0) is 26.0 Å². The van der Waals surface area contributed by atoms with E-state index >= 15 is 0 Å². The highest BCUT2D eigenvalue weighted by Gasteiger charge is 2.29. The van der Waals surface area contributed by atoms with Crippen LogP contribution in [0.25, 0.3) is 0 Å². The van der Waals surface area contributed by atoms with E-state index < -0.39 is 22.0 Å². The fraction of sp³-hybridized carbons (Fsp3) is 0.364. The third-order valence-corrected chi connectivity index (χ3v) is 6.95. The van der Waals surface area contributed by atoms with Gasteiger partial charge in [0.25, 0.3) is 0 Å². The van der Waals surface area contributed by atoms with Crippen molar-refractivity contribution in [3.05, 3.63) is 65.2 Å². The third-order valence-electron chi connectivity index (χ3n) is 4.88. The smallest absolute Gasteiger partial charge is 0.243 e. The van der Waals surface area contributed by atoms with Crippen molar-refractivity contribution in [2.45, 2.75) is 31.2 Å². The fourth-order valence-corrected chi connectivity index (χ4v) is 4.29. The molecule has 1 atom stereocenters. The minimum atomic E-state index is -3.88. The molecule has 0 radical (unpaired) electrons. The molecule has 2 aromatic rings. The van der Waals surface area contributed by atoms with Gasteiger partial charge in [-0.25, -0.2) is 8.42 Å². The summed E-state index contributed by atoms with van der Waals surface area (Å²) in [5, 5.41) is 3.13. The molecule has 0 heterocycles. The molecule has 0 aliphatic heterocycles. The van der Waals surface area contributed by atoms with E-state index in [2.05, 4.69) is 5.32 Å². The SMILES string of the molecule is CCNC(=O)[C@@H](C)N(CCc1ccccc1)C(=O)CN(C)S(=O)(=O)c1ccc(Cl)cc1. The Hall–Kier alpha value is -2.42. The highest BCUT2D eigenvalue weighted by molar-refractivity contribution is 7.89. The number of sulfonamides is 1. The van der Waals surface area contributed by atoms with Gasteiger partial charge in [-0.15, -0.1) is 0 Å². The lowest BCUT2D eigenvalue weighted by Gasteiger charge is -2.30. The molecule has 0 aliphatic rings. The molecular weight excluding hydrogens is 438 g/mol. The van der Waals surface area contributed by atoms with Crippen LogP contribution in [0.4, 0.5) is 0 Å². The van der Waals surface area contributed by atoms with Crippen LogP contribution in [0.3, 0.4) is 0 Å². The number of hydrogen-bond acceptors (Lipinski definition) is 4. The summed E-state index contributed by atoms with van der Waals surface area (Å²) in [6.45, 7) is 3.78. The molecule has 31 heavy (non-hydrogen) atoms. The summed E-state index contributed by atoms with van der Waals surface area (Å²) in [5.41, 5.74) is 1.02. The zero-order chi connectivity index (χ0) is 23.0. The van der Waals surface area contributed by atoms with Gasteiger partial charge in [-0.05, 0) is 50.1 Å². The molecule has 168 valence electrons. The Morgan fingerprint density at radius 3 is 2.26 bits per heavy atom. The van der Waals surface area contributed by atoms with Crippen molar-refractivity contribution >= 4 is 33.4 Å². The van der Waals surface area contributed by atoms with Crippen LogP contribution < -0.4 is 5.32 Å². The van der Waals surface area contributed by atoms with Crippen molar-refractivity contribution in [1.29, 1.82) is 0 Å². The first-order valence-corrected chi connectivity index (χ1v) is 11.8. The number of rotatable bonds is 10. The van der Waals surface area contributed by atoms with Crippen molar-refractivity contribution in [1.82, 2.24) is 14.5 Å². The Kier molecular flexibility index (Phi) is 9.03. The summed E-state index contributed by atoms with van der Waals surface area (Å²) in [6, 6.07) is 14.6. The molecule has 0 unspecified atom stereocenters. The maximum atomic E-state index is 13.1. The lowest BCUT2D eigenvalue weighted by Crippen LogP contribution is -2.51. The van der Waals surface area contributed by atoms with Gasteiger partial charge in [0.05, 0.1) is 11.4 Å². The first kappa shape index (κ1) is 24.8. The predicted molar refractivity (Wildman–Crippen MR) is 121 cm³/mol. The van der Waals surface area contributed by atoms with Gasteiger partial charge in [-0.3, -0.25) is 9.59 Å². The Morgan fingerprint density at radius 1 is 1.06 bits per heavy atom. The lowest BCUT2D eigenvalue weighted by atomic mass is 10.1. The molecule has 0 bridgehead atoms. The maximum Gasteiger partial charge on any atom is 0.243 e. The number of carbonyl (C=O) groups is 2. The van der Waals surface area contributed by atoms with E-state index in [0.29, 0.717) is 18.0 Å². The van der Waals surface area contributed by atoms with Crippen molar-refractivity contribution in [2.75, 3.05) is 26.7 Å². The molecule has 9 heteroatoms. The number of benzene rings is 2. The lowest BCUT2D eigenvalue weighted by molar-refractivity contribution is -0.139. The first-order valence-electron chi connectivity index (χ1n) is 9.99. The fourth-order valence-electron chi connectivity index (χ4n) is 3.04. The van der Waals surface area contributed by atoms with E-state index in [1.165, 1.54) is 36.2 Å². The molecule has 0 saturated heterocycles. The van der Waals surface area contributed by atoms with Crippen LogP contribution in [0, 0.1) is 0 Å². The molecule has 1 N–H and O–H groups in total. The van der Waals surface area contributed by atoms with Gasteiger partial charge in [0.1, 0.15) is 6.04 Å². The molecule has 2 aromatic carbocycles. The summed E-state index contributed by atoms with van der Waals surface area (Å²) >= 11 is 5.84. The van der Waals surface area contributed by atoms with Crippen LogP contribution in [0.15, 0.2) is 59.5 Å². The highest BCUT2D eigenvalue weighted by Crippen LogP contribution is 2.18. The summed E-state index contributed by atoms with van der Waals surface area (Å²) in [5.74, 6) is -0.734.